The summed E-state index contributed by atoms with van der Waals surface area (Å²) < 4.78 is 31.6. The molecule has 270 valence electrons. The van der Waals surface area contributed by atoms with E-state index >= 15 is 0 Å². The van der Waals surface area contributed by atoms with E-state index in [9.17, 15) is 19.2 Å². The Bertz CT molecular complexity index is 2310. The molecule has 0 aliphatic carbocycles. The summed E-state index contributed by atoms with van der Waals surface area (Å²) >= 11 is 0. The van der Waals surface area contributed by atoms with Crippen LogP contribution in [-0.4, -0.2) is 62.4 Å². The van der Waals surface area contributed by atoms with Crippen LogP contribution in [0.25, 0.3) is 10.8 Å². The van der Waals surface area contributed by atoms with Crippen molar-refractivity contribution in [3.8, 4) is 40.9 Å². The third-order valence-corrected chi connectivity index (χ3v) is 7.41. The van der Waals surface area contributed by atoms with Crippen LogP contribution in [0, 0.1) is 23.7 Å². The summed E-state index contributed by atoms with van der Waals surface area (Å²) in [4.78, 5) is 51.2. The quantitative estimate of drug-likeness (QED) is 0.0374. The standard InChI is InChI=1S/C43H33NO10/c1-4-39(45)52-26-24-50-34-17-9-29(10-18-34)6-7-31-13-21-36-32(28-31)14-23-38(41(36)43(48)49-3)54-42(47)37-22-16-33(44-37)15-8-30-11-19-35(20-12-30)51-25-27-53-40(46)5-2/h4-5,9-14,16-23,28,44H,1-2,24-27H2,3H3. The molecule has 0 bridgehead atoms. The molecule has 5 rings (SSSR count). The molecule has 0 aliphatic rings. The van der Waals surface area contributed by atoms with Gasteiger partial charge in [-0.25, -0.2) is 19.2 Å². The molecule has 0 aliphatic heterocycles. The summed E-state index contributed by atoms with van der Waals surface area (Å²) in [6, 6.07) is 25.9. The van der Waals surface area contributed by atoms with E-state index in [0.29, 0.717) is 39.1 Å². The van der Waals surface area contributed by atoms with Gasteiger partial charge in [0.25, 0.3) is 0 Å². The number of rotatable bonds is 13. The number of carbonyl (C=O) groups excluding carboxylic acids is 4. The lowest BCUT2D eigenvalue weighted by atomic mass is 10.0. The molecule has 0 saturated carbocycles. The van der Waals surface area contributed by atoms with Crippen LogP contribution in [0.2, 0.25) is 0 Å². The Kier molecular flexibility index (Phi) is 13.0. The van der Waals surface area contributed by atoms with Crippen molar-refractivity contribution in [1.29, 1.82) is 0 Å². The highest BCUT2D eigenvalue weighted by Gasteiger charge is 2.21. The van der Waals surface area contributed by atoms with Gasteiger partial charge in [-0.05, 0) is 90.2 Å². The molecule has 11 nitrogen and oxygen atoms in total. The minimum atomic E-state index is -0.720. The summed E-state index contributed by atoms with van der Waals surface area (Å²) in [5.41, 5.74) is 2.85. The number of methoxy groups -OCH3 is 1. The van der Waals surface area contributed by atoms with E-state index in [1.165, 1.54) is 19.2 Å². The van der Waals surface area contributed by atoms with Crippen molar-refractivity contribution in [3.05, 3.63) is 150 Å². The highest BCUT2D eigenvalue weighted by molar-refractivity contribution is 6.08. The van der Waals surface area contributed by atoms with E-state index in [2.05, 4.69) is 41.8 Å². The summed E-state index contributed by atoms with van der Waals surface area (Å²) in [5, 5.41) is 1.21. The zero-order valence-corrected chi connectivity index (χ0v) is 29.1. The number of esters is 4. The fraction of sp³-hybridized carbons (Fsp3) is 0.116. The fourth-order valence-corrected chi connectivity index (χ4v) is 4.80. The third kappa shape index (κ3) is 10.5. The van der Waals surface area contributed by atoms with E-state index in [-0.39, 0.29) is 43.4 Å². The van der Waals surface area contributed by atoms with Crippen molar-refractivity contribution in [2.45, 2.75) is 0 Å². The number of fused-ring (bicyclic) bond motifs is 1. The van der Waals surface area contributed by atoms with Crippen molar-refractivity contribution in [1.82, 2.24) is 4.98 Å². The second-order valence-corrected chi connectivity index (χ2v) is 11.0. The van der Waals surface area contributed by atoms with Crippen LogP contribution >= 0.6 is 0 Å². The fourth-order valence-electron chi connectivity index (χ4n) is 4.80. The molecule has 0 fully saturated rings. The lowest BCUT2D eigenvalue weighted by Crippen LogP contribution is -2.13. The van der Waals surface area contributed by atoms with Crippen LogP contribution < -0.4 is 14.2 Å². The highest BCUT2D eigenvalue weighted by atomic mass is 16.6. The first kappa shape index (κ1) is 37.7. The van der Waals surface area contributed by atoms with Gasteiger partial charge >= 0.3 is 23.9 Å². The van der Waals surface area contributed by atoms with Gasteiger partial charge in [-0.3, -0.25) is 0 Å². The number of ether oxygens (including phenoxy) is 6. The third-order valence-electron chi connectivity index (χ3n) is 7.41. The highest BCUT2D eigenvalue weighted by Crippen LogP contribution is 2.30. The molecule has 11 heteroatoms. The van der Waals surface area contributed by atoms with Gasteiger partial charge in [-0.15, -0.1) is 0 Å². The van der Waals surface area contributed by atoms with Crippen LogP contribution in [0.4, 0.5) is 0 Å². The maximum Gasteiger partial charge on any atom is 0.360 e. The normalized spacial score (nSPS) is 10.0. The van der Waals surface area contributed by atoms with Crippen LogP contribution in [-0.2, 0) is 23.8 Å². The van der Waals surface area contributed by atoms with Crippen molar-refractivity contribution >= 4 is 34.6 Å². The van der Waals surface area contributed by atoms with Crippen molar-refractivity contribution in [3.63, 3.8) is 0 Å². The molecule has 0 radical (unpaired) electrons. The zero-order chi connectivity index (χ0) is 38.3. The van der Waals surface area contributed by atoms with Crippen molar-refractivity contribution < 1.29 is 47.6 Å². The molecular weight excluding hydrogens is 690 g/mol. The van der Waals surface area contributed by atoms with Crippen LogP contribution in [0.15, 0.2) is 116 Å². The molecule has 1 N–H and O–H groups in total. The minimum Gasteiger partial charge on any atom is -0.490 e. The summed E-state index contributed by atoms with van der Waals surface area (Å²) in [6.45, 7) is 7.28. The second-order valence-electron chi connectivity index (χ2n) is 11.0. The summed E-state index contributed by atoms with van der Waals surface area (Å²) in [5.74, 6) is 11.0. The smallest absolute Gasteiger partial charge is 0.360 e. The molecule has 54 heavy (non-hydrogen) atoms. The molecule has 0 spiro atoms. The average molecular weight is 724 g/mol. The SMILES string of the molecule is C=CC(=O)OCCOc1ccc(C#Cc2ccc3c(C(=O)OC)c(OC(=O)c4ccc(C#Cc5ccc(OCCOC(=O)C=C)cc5)[nH]4)ccc3c2)cc1. The van der Waals surface area contributed by atoms with E-state index in [1.807, 2.05) is 6.07 Å². The predicted octanol–water partition coefficient (Wildman–Crippen LogP) is 6.19. The Labute approximate surface area is 311 Å². The molecule has 0 atom stereocenters. The largest absolute Gasteiger partial charge is 0.490 e. The maximum atomic E-state index is 13.2. The van der Waals surface area contributed by atoms with Gasteiger partial charge in [0.2, 0.25) is 0 Å². The van der Waals surface area contributed by atoms with Gasteiger partial charge in [0.15, 0.2) is 0 Å². The molecule has 4 aromatic carbocycles. The van der Waals surface area contributed by atoms with Gasteiger partial charge in [-0.1, -0.05) is 43.1 Å². The molecule has 1 aromatic heterocycles. The second kappa shape index (κ2) is 18.7. The first-order valence-corrected chi connectivity index (χ1v) is 16.4. The first-order valence-electron chi connectivity index (χ1n) is 16.4. The van der Waals surface area contributed by atoms with Gasteiger partial charge in [-0.2, -0.15) is 0 Å². The average Bonchev–Trinajstić information content (AvgIpc) is 3.69. The number of carbonyl (C=O) groups is 4. The molecule has 0 saturated heterocycles. The number of aromatic nitrogens is 1. The lowest BCUT2D eigenvalue weighted by Gasteiger charge is -2.11. The van der Waals surface area contributed by atoms with Gasteiger partial charge < -0.3 is 33.4 Å². The number of H-pyrrole nitrogens is 1. The van der Waals surface area contributed by atoms with Crippen LogP contribution in [0.5, 0.6) is 17.2 Å². The van der Waals surface area contributed by atoms with Gasteiger partial charge in [0.05, 0.1) is 12.8 Å². The van der Waals surface area contributed by atoms with Crippen LogP contribution in [0.1, 0.15) is 43.2 Å². The lowest BCUT2D eigenvalue weighted by molar-refractivity contribution is -0.139. The van der Waals surface area contributed by atoms with Gasteiger partial charge in [0, 0.05) is 34.2 Å². The number of benzene rings is 4. The molecular formula is C43H33NO10. The first-order chi connectivity index (χ1) is 26.3. The summed E-state index contributed by atoms with van der Waals surface area (Å²) in [7, 11) is 1.25. The van der Waals surface area contributed by atoms with Crippen molar-refractivity contribution in [2.75, 3.05) is 33.5 Å². The monoisotopic (exact) mass is 723 g/mol. The Morgan fingerprint density at radius 3 is 1.76 bits per heavy atom. The summed E-state index contributed by atoms with van der Waals surface area (Å²) in [6.07, 6.45) is 2.18. The van der Waals surface area contributed by atoms with E-state index in [0.717, 1.165) is 17.7 Å². The van der Waals surface area contributed by atoms with Crippen molar-refractivity contribution in [2.24, 2.45) is 0 Å². The number of hydrogen-bond acceptors (Lipinski definition) is 10. The Morgan fingerprint density at radius 2 is 1.19 bits per heavy atom. The zero-order valence-electron chi connectivity index (χ0n) is 29.1. The maximum absolute atomic E-state index is 13.2. The molecule has 5 aromatic rings. The Hall–Kier alpha value is -7.50. The topological polar surface area (TPSA) is 139 Å². The van der Waals surface area contributed by atoms with E-state index < -0.39 is 23.9 Å². The number of nitrogens with one attached hydrogen (secondary N) is 1. The van der Waals surface area contributed by atoms with E-state index in [1.54, 1.807) is 72.8 Å². The minimum absolute atomic E-state index is 0.0303. The number of hydrogen-bond donors (Lipinski definition) is 1. The molecule has 1 heterocycles. The Balaban J connectivity index is 1.22. The Morgan fingerprint density at radius 1 is 0.630 bits per heavy atom. The molecule has 0 unspecified atom stereocenters. The van der Waals surface area contributed by atoms with Crippen LogP contribution in [0.3, 0.4) is 0 Å². The van der Waals surface area contributed by atoms with E-state index in [4.69, 9.17) is 28.4 Å². The molecule has 0 amide bonds. The van der Waals surface area contributed by atoms with Gasteiger partial charge in [0.1, 0.15) is 54.9 Å². The number of aromatic amines is 1. The predicted molar refractivity (Wildman–Crippen MR) is 199 cm³/mol.